The van der Waals surface area contributed by atoms with Crippen molar-refractivity contribution < 1.29 is 0 Å². The summed E-state index contributed by atoms with van der Waals surface area (Å²) in [5.41, 5.74) is 2.67. The van der Waals surface area contributed by atoms with Crippen LogP contribution in [0.5, 0.6) is 0 Å². The summed E-state index contributed by atoms with van der Waals surface area (Å²) < 4.78 is 0. The highest BCUT2D eigenvalue weighted by Crippen LogP contribution is 2.02. The van der Waals surface area contributed by atoms with Gasteiger partial charge >= 0.3 is 0 Å². The molecule has 0 aliphatic carbocycles. The molecule has 0 saturated carbocycles. The van der Waals surface area contributed by atoms with Gasteiger partial charge in [-0.3, -0.25) is 0 Å². The molecule has 0 radical (unpaired) electrons. The molecular formula is C15H32. The van der Waals surface area contributed by atoms with Crippen LogP contribution in [-0.2, 0) is 0 Å². The average molecular weight is 212 g/mol. The molecule has 0 spiro atoms. The van der Waals surface area contributed by atoms with Crippen molar-refractivity contribution in [2.45, 2.75) is 62.3 Å². The van der Waals surface area contributed by atoms with Crippen LogP contribution >= 0.6 is 0 Å². The van der Waals surface area contributed by atoms with Gasteiger partial charge in [-0.1, -0.05) is 77.5 Å². The van der Waals surface area contributed by atoms with Gasteiger partial charge in [-0.25, -0.2) is 0 Å². The zero-order valence-corrected chi connectivity index (χ0v) is 12.4. The summed E-state index contributed by atoms with van der Waals surface area (Å²) in [7, 11) is 0. The maximum atomic E-state index is 3.58. The lowest BCUT2D eigenvalue weighted by atomic mass is 10.2. The summed E-state index contributed by atoms with van der Waals surface area (Å²) in [5.74, 6) is 0. The molecule has 0 aromatic rings. The van der Waals surface area contributed by atoms with E-state index in [1.807, 2.05) is 47.6 Å². The van der Waals surface area contributed by atoms with Crippen LogP contribution in [0, 0.1) is 0 Å². The van der Waals surface area contributed by atoms with Crippen molar-refractivity contribution in [3.05, 3.63) is 36.0 Å². The quantitative estimate of drug-likeness (QED) is 0.481. The van der Waals surface area contributed by atoms with Gasteiger partial charge in [-0.15, -0.1) is 0 Å². The van der Waals surface area contributed by atoms with Crippen molar-refractivity contribution in [2.75, 3.05) is 0 Å². The van der Waals surface area contributed by atoms with Gasteiger partial charge in [0.05, 0.1) is 0 Å². The zero-order valence-electron chi connectivity index (χ0n) is 12.4. The van der Waals surface area contributed by atoms with Crippen LogP contribution in [0.4, 0.5) is 0 Å². The van der Waals surface area contributed by atoms with Crippen molar-refractivity contribution in [3.63, 3.8) is 0 Å². The van der Waals surface area contributed by atoms with Gasteiger partial charge in [0.2, 0.25) is 0 Å². The number of hydrogen-bond acceptors (Lipinski definition) is 0. The van der Waals surface area contributed by atoms with E-state index in [1.165, 1.54) is 11.1 Å². The van der Waals surface area contributed by atoms with Crippen molar-refractivity contribution in [3.8, 4) is 0 Å². The standard InChI is InChI=1S/C9H14.3C2H6/c1-5-6-7-9(4)8(2)3;3*1-2/h5-7H,1H2,2-4H3;3*1-2H3/b7-6-;;;. The van der Waals surface area contributed by atoms with Gasteiger partial charge in [0.25, 0.3) is 0 Å². The van der Waals surface area contributed by atoms with E-state index in [0.29, 0.717) is 0 Å². The van der Waals surface area contributed by atoms with Crippen LogP contribution in [0.1, 0.15) is 62.3 Å². The van der Waals surface area contributed by atoms with E-state index in [4.69, 9.17) is 0 Å². The lowest BCUT2D eigenvalue weighted by Gasteiger charge is -1.92. The topological polar surface area (TPSA) is 0 Å². The largest absolute Gasteiger partial charge is 0.0991 e. The number of rotatable bonds is 2. The highest BCUT2D eigenvalue weighted by atomic mass is 13.9. The Hall–Kier alpha value is -0.780. The third-order valence-corrected chi connectivity index (χ3v) is 1.27. The molecule has 0 N–H and O–H groups in total. The third kappa shape index (κ3) is 31.9. The first kappa shape index (κ1) is 23.8. The van der Waals surface area contributed by atoms with Crippen molar-refractivity contribution in [1.29, 1.82) is 0 Å². The molecule has 0 bridgehead atoms. The highest BCUT2D eigenvalue weighted by molar-refractivity contribution is 5.23. The third-order valence-electron chi connectivity index (χ3n) is 1.27. The Bertz CT molecular complexity index is 143. The van der Waals surface area contributed by atoms with Crippen LogP contribution in [0.3, 0.4) is 0 Å². The second kappa shape index (κ2) is 29.2. The lowest BCUT2D eigenvalue weighted by Crippen LogP contribution is -1.71. The van der Waals surface area contributed by atoms with E-state index >= 15 is 0 Å². The Morgan fingerprint density at radius 3 is 1.33 bits per heavy atom. The Morgan fingerprint density at radius 2 is 1.13 bits per heavy atom. The van der Waals surface area contributed by atoms with Gasteiger partial charge < -0.3 is 0 Å². The van der Waals surface area contributed by atoms with E-state index in [0.717, 1.165) is 0 Å². The van der Waals surface area contributed by atoms with Crippen molar-refractivity contribution in [1.82, 2.24) is 0 Å². The molecule has 15 heavy (non-hydrogen) atoms. The molecule has 92 valence electrons. The van der Waals surface area contributed by atoms with E-state index < -0.39 is 0 Å². The molecule has 0 amide bonds. The summed E-state index contributed by atoms with van der Waals surface area (Å²) in [6, 6.07) is 0. The Morgan fingerprint density at radius 1 is 0.800 bits per heavy atom. The molecule has 0 saturated heterocycles. The first-order valence-electron chi connectivity index (χ1n) is 6.11. The SMILES string of the molecule is C=C/C=C\C(C)=C(C)C.CC.CC.CC. The van der Waals surface area contributed by atoms with Crippen molar-refractivity contribution >= 4 is 0 Å². The molecule has 0 aromatic heterocycles. The highest BCUT2D eigenvalue weighted by Gasteiger charge is 1.81. The Labute approximate surface area is 98.8 Å². The summed E-state index contributed by atoms with van der Waals surface area (Å²) in [6.45, 7) is 21.9. The minimum atomic E-state index is 1.31. The zero-order chi connectivity index (χ0) is 13.3. The Balaban J connectivity index is -0.0000000860. The van der Waals surface area contributed by atoms with Crippen LogP contribution in [0.25, 0.3) is 0 Å². The fraction of sp³-hybridized carbons (Fsp3) is 0.600. The van der Waals surface area contributed by atoms with Gasteiger partial charge in [0, 0.05) is 0 Å². The van der Waals surface area contributed by atoms with E-state index in [1.54, 1.807) is 6.08 Å². The molecular weight excluding hydrogens is 180 g/mol. The minimum Gasteiger partial charge on any atom is -0.0991 e. The van der Waals surface area contributed by atoms with E-state index in [9.17, 15) is 0 Å². The summed E-state index contributed by atoms with van der Waals surface area (Å²) in [4.78, 5) is 0. The first-order chi connectivity index (χ1) is 7.18. The van der Waals surface area contributed by atoms with Gasteiger partial charge in [-0.05, 0) is 20.8 Å². The Kier molecular flexibility index (Phi) is 46.3. The minimum absolute atomic E-state index is 1.31. The van der Waals surface area contributed by atoms with Gasteiger partial charge in [0.1, 0.15) is 0 Å². The molecule has 0 unspecified atom stereocenters. The smallest absolute Gasteiger partial charge is 0.0398 e. The molecule has 0 fully saturated rings. The maximum Gasteiger partial charge on any atom is -0.0398 e. The second-order valence-corrected chi connectivity index (χ2v) is 2.28. The summed E-state index contributed by atoms with van der Waals surface area (Å²) in [5, 5.41) is 0. The molecule has 0 rings (SSSR count). The van der Waals surface area contributed by atoms with Crippen molar-refractivity contribution in [2.24, 2.45) is 0 Å². The predicted octanol–water partition coefficient (Wildman–Crippen LogP) is 6.16. The molecule has 0 nitrogen and oxygen atoms in total. The summed E-state index contributed by atoms with van der Waals surface area (Å²) in [6.07, 6.45) is 5.79. The van der Waals surface area contributed by atoms with E-state index in [-0.39, 0.29) is 0 Å². The first-order valence-corrected chi connectivity index (χ1v) is 6.11. The molecule has 0 heterocycles. The summed E-state index contributed by atoms with van der Waals surface area (Å²) >= 11 is 0. The van der Waals surface area contributed by atoms with Gasteiger partial charge in [-0.2, -0.15) is 0 Å². The second-order valence-electron chi connectivity index (χ2n) is 2.28. The molecule has 0 atom stereocenters. The van der Waals surface area contributed by atoms with Crippen LogP contribution < -0.4 is 0 Å². The van der Waals surface area contributed by atoms with Crippen LogP contribution in [0.2, 0.25) is 0 Å². The monoisotopic (exact) mass is 212 g/mol. The molecule has 0 aromatic carbocycles. The van der Waals surface area contributed by atoms with Crippen LogP contribution in [-0.4, -0.2) is 0 Å². The molecule has 0 aliphatic rings. The number of hydrogen-bond donors (Lipinski definition) is 0. The molecule has 0 heteroatoms. The predicted molar refractivity (Wildman–Crippen MR) is 77.4 cm³/mol. The van der Waals surface area contributed by atoms with Crippen LogP contribution in [0.15, 0.2) is 36.0 Å². The fourth-order valence-electron chi connectivity index (χ4n) is 0.379. The van der Waals surface area contributed by atoms with E-state index in [2.05, 4.69) is 33.4 Å². The normalized spacial score (nSPS) is 7.00. The number of allylic oxidation sites excluding steroid dienone is 5. The lowest BCUT2D eigenvalue weighted by molar-refractivity contribution is 1.29. The van der Waals surface area contributed by atoms with Gasteiger partial charge in [0.15, 0.2) is 0 Å². The average Bonchev–Trinajstić information content (AvgIpc) is 2.33. The molecule has 0 aliphatic heterocycles. The fourth-order valence-corrected chi connectivity index (χ4v) is 0.379. The maximum absolute atomic E-state index is 3.58.